The molecule has 2 amide bonds. The Balaban J connectivity index is 1.75. The number of carboxylic acids is 1. The van der Waals surface area contributed by atoms with Gasteiger partial charge in [0.1, 0.15) is 11.8 Å². The van der Waals surface area contributed by atoms with Gasteiger partial charge in [0, 0.05) is 24.0 Å². The molecular formula is C22H26N2O6S. The second-order valence-electron chi connectivity index (χ2n) is 8.08. The van der Waals surface area contributed by atoms with E-state index in [0.29, 0.717) is 24.3 Å². The maximum absolute atomic E-state index is 13.9. The lowest BCUT2D eigenvalue weighted by molar-refractivity contribution is -0.148. The Morgan fingerprint density at radius 2 is 2.10 bits per heavy atom. The summed E-state index contributed by atoms with van der Waals surface area (Å²) in [5.74, 6) is -2.53. The molecule has 5 atom stereocenters. The van der Waals surface area contributed by atoms with E-state index in [0.717, 1.165) is 0 Å². The van der Waals surface area contributed by atoms with Crippen LogP contribution >= 0.6 is 11.8 Å². The molecular weight excluding hydrogens is 420 g/mol. The van der Waals surface area contributed by atoms with E-state index < -0.39 is 28.6 Å². The van der Waals surface area contributed by atoms with Gasteiger partial charge < -0.3 is 24.7 Å². The quantitative estimate of drug-likeness (QED) is 0.581. The molecule has 9 heteroatoms. The summed E-state index contributed by atoms with van der Waals surface area (Å²) in [7, 11) is 1.56. The van der Waals surface area contributed by atoms with Gasteiger partial charge in [-0.1, -0.05) is 6.08 Å². The Bertz CT molecular complexity index is 906. The maximum Gasteiger partial charge on any atom is 0.308 e. The number of hydrogen-bond donors (Lipinski definition) is 2. The van der Waals surface area contributed by atoms with Gasteiger partial charge in [0.05, 0.1) is 30.3 Å². The number of carbonyl (C=O) groups excluding carboxylic acids is 2. The zero-order valence-corrected chi connectivity index (χ0v) is 18.1. The van der Waals surface area contributed by atoms with Crippen LogP contribution in [0, 0.1) is 11.8 Å². The summed E-state index contributed by atoms with van der Waals surface area (Å²) in [5.41, 5.74) is 0.634. The van der Waals surface area contributed by atoms with Crippen molar-refractivity contribution >= 4 is 35.2 Å². The number of carboxylic acid groups (broad SMARTS) is 1. The van der Waals surface area contributed by atoms with Crippen LogP contribution in [0.2, 0.25) is 0 Å². The summed E-state index contributed by atoms with van der Waals surface area (Å²) >= 11 is 1.47. The number of aliphatic hydroxyl groups excluding tert-OH is 1. The van der Waals surface area contributed by atoms with E-state index in [4.69, 9.17) is 4.74 Å². The predicted octanol–water partition coefficient (Wildman–Crippen LogP) is 1.38. The van der Waals surface area contributed by atoms with Crippen LogP contribution in [0.4, 0.5) is 5.69 Å². The fourth-order valence-corrected chi connectivity index (χ4v) is 7.63. The molecule has 0 radical (unpaired) electrons. The minimum Gasteiger partial charge on any atom is -0.497 e. The largest absolute Gasteiger partial charge is 0.497 e. The smallest absolute Gasteiger partial charge is 0.308 e. The highest BCUT2D eigenvalue weighted by atomic mass is 32.2. The van der Waals surface area contributed by atoms with Crippen LogP contribution in [0.25, 0.3) is 0 Å². The van der Waals surface area contributed by atoms with Crippen LogP contribution < -0.4 is 9.64 Å². The first kappa shape index (κ1) is 21.7. The number of nitrogens with zero attached hydrogens (tertiary/aromatic N) is 2. The molecule has 3 aliphatic heterocycles. The molecule has 1 aromatic carbocycles. The van der Waals surface area contributed by atoms with Crippen LogP contribution in [0.15, 0.2) is 36.9 Å². The lowest BCUT2D eigenvalue weighted by Gasteiger charge is -2.37. The van der Waals surface area contributed by atoms with Crippen molar-refractivity contribution in [3.8, 4) is 5.75 Å². The van der Waals surface area contributed by atoms with Gasteiger partial charge in [0.25, 0.3) is 5.91 Å². The van der Waals surface area contributed by atoms with Gasteiger partial charge in [-0.25, -0.2) is 0 Å². The number of aliphatic carboxylic acids is 1. The third kappa shape index (κ3) is 3.22. The predicted molar refractivity (Wildman–Crippen MR) is 116 cm³/mol. The van der Waals surface area contributed by atoms with E-state index in [1.807, 2.05) is 0 Å². The van der Waals surface area contributed by atoms with E-state index in [9.17, 15) is 24.6 Å². The second-order valence-corrected chi connectivity index (χ2v) is 9.69. The van der Waals surface area contributed by atoms with E-state index in [-0.39, 0.29) is 36.8 Å². The normalized spacial score (nSPS) is 30.9. The average Bonchev–Trinajstić information content (AvgIpc) is 3.40. The number of benzene rings is 1. The van der Waals surface area contributed by atoms with Gasteiger partial charge in [-0.05, 0) is 37.1 Å². The summed E-state index contributed by atoms with van der Waals surface area (Å²) in [6, 6.07) is 6.20. The number of aliphatic hydroxyl groups is 1. The number of fused-ring (bicyclic) bond motifs is 1. The molecule has 2 unspecified atom stereocenters. The minimum atomic E-state index is -0.993. The van der Waals surface area contributed by atoms with Crippen molar-refractivity contribution < 1.29 is 29.3 Å². The number of carbonyl (C=O) groups is 3. The van der Waals surface area contributed by atoms with Crippen molar-refractivity contribution in [3.05, 3.63) is 36.9 Å². The van der Waals surface area contributed by atoms with Crippen molar-refractivity contribution in [2.24, 2.45) is 11.8 Å². The number of rotatable bonds is 8. The second kappa shape index (κ2) is 8.20. The Morgan fingerprint density at radius 3 is 2.68 bits per heavy atom. The molecule has 8 nitrogen and oxygen atoms in total. The van der Waals surface area contributed by atoms with E-state index in [1.54, 1.807) is 42.4 Å². The molecule has 3 aliphatic rings. The van der Waals surface area contributed by atoms with Crippen molar-refractivity contribution in [3.63, 3.8) is 0 Å². The number of amides is 2. The fraction of sp³-hybridized carbons (Fsp3) is 0.500. The monoisotopic (exact) mass is 446 g/mol. The summed E-state index contributed by atoms with van der Waals surface area (Å²) in [4.78, 5) is 42.2. The highest BCUT2D eigenvalue weighted by Gasteiger charge is 2.74. The van der Waals surface area contributed by atoms with Crippen LogP contribution in [0.3, 0.4) is 0 Å². The number of likely N-dealkylation sites (tertiary alicyclic amines) is 1. The van der Waals surface area contributed by atoms with Gasteiger partial charge in [-0.2, -0.15) is 0 Å². The number of anilines is 1. The lowest BCUT2D eigenvalue weighted by Crippen LogP contribution is -2.55. The molecule has 0 aromatic heterocycles. The molecule has 0 saturated carbocycles. The van der Waals surface area contributed by atoms with Crippen molar-refractivity contribution in [1.29, 1.82) is 0 Å². The van der Waals surface area contributed by atoms with E-state index in [2.05, 4.69) is 6.58 Å². The molecule has 2 N–H and O–H groups in total. The molecule has 0 aliphatic carbocycles. The van der Waals surface area contributed by atoms with Gasteiger partial charge >= 0.3 is 5.97 Å². The Labute approximate surface area is 184 Å². The first-order valence-electron chi connectivity index (χ1n) is 10.3. The summed E-state index contributed by atoms with van der Waals surface area (Å²) in [6.45, 7) is 3.70. The Hall–Kier alpha value is -2.52. The van der Waals surface area contributed by atoms with Crippen LogP contribution in [0.5, 0.6) is 5.75 Å². The Kier molecular flexibility index (Phi) is 5.74. The van der Waals surface area contributed by atoms with E-state index in [1.165, 1.54) is 16.7 Å². The minimum absolute atomic E-state index is 0.00437. The molecule has 1 spiro atoms. The highest BCUT2D eigenvalue weighted by Crippen LogP contribution is 2.66. The number of thioether (sulfide) groups is 1. The number of ether oxygens (including phenoxy) is 1. The molecule has 3 fully saturated rings. The van der Waals surface area contributed by atoms with Gasteiger partial charge in [0.15, 0.2) is 0 Å². The molecule has 4 rings (SSSR count). The first-order chi connectivity index (χ1) is 14.9. The molecule has 2 bridgehead atoms. The van der Waals surface area contributed by atoms with Crippen molar-refractivity contribution in [2.45, 2.75) is 28.9 Å². The van der Waals surface area contributed by atoms with Gasteiger partial charge in [0.2, 0.25) is 5.91 Å². The zero-order valence-electron chi connectivity index (χ0n) is 17.3. The van der Waals surface area contributed by atoms with Crippen LogP contribution in [-0.4, -0.2) is 75.7 Å². The highest BCUT2D eigenvalue weighted by molar-refractivity contribution is 8.02. The summed E-state index contributed by atoms with van der Waals surface area (Å²) in [6.07, 6.45) is 2.88. The number of methoxy groups -OCH3 is 1. The van der Waals surface area contributed by atoms with E-state index >= 15 is 0 Å². The summed E-state index contributed by atoms with van der Waals surface area (Å²) in [5, 5.41) is 19.2. The average molecular weight is 447 g/mol. The summed E-state index contributed by atoms with van der Waals surface area (Å²) < 4.78 is 4.41. The Morgan fingerprint density at radius 1 is 1.39 bits per heavy atom. The van der Waals surface area contributed by atoms with Gasteiger partial charge in [-0.15, -0.1) is 18.3 Å². The fourth-order valence-electron chi connectivity index (χ4n) is 5.42. The number of hydrogen-bond acceptors (Lipinski definition) is 6. The SMILES string of the molecule is C=CCN(C(=O)C1N(CCO)C(=O)[C@@H]2[C@@H](C(=O)O)[C@H]3CCC12S3)c1ccc(OC)cc1. The first-order valence-corrected chi connectivity index (χ1v) is 11.2. The third-order valence-corrected chi connectivity index (χ3v) is 8.57. The molecule has 1 aromatic rings. The maximum atomic E-state index is 13.9. The molecule has 31 heavy (non-hydrogen) atoms. The van der Waals surface area contributed by atoms with Crippen LogP contribution in [0.1, 0.15) is 12.8 Å². The van der Waals surface area contributed by atoms with Crippen molar-refractivity contribution in [2.75, 3.05) is 31.7 Å². The standard InChI is InChI=1S/C22H26N2O6S/c1-3-10-23(13-4-6-14(30-2)7-5-13)20(27)18-22-9-8-15(31-22)16(21(28)29)17(22)19(26)24(18)11-12-25/h3-7,15-18,25H,1,8-12H2,2H3,(H,28,29)/t15-,16+,17+,18?,22?/m1/s1. The van der Waals surface area contributed by atoms with Crippen molar-refractivity contribution in [1.82, 2.24) is 4.90 Å². The molecule has 166 valence electrons. The molecule has 3 heterocycles. The van der Waals surface area contributed by atoms with Crippen LogP contribution in [-0.2, 0) is 14.4 Å². The number of β-amino-alcohol motifs (C(OH)–C–C–N with tert-alkyl or cyclic N) is 1. The zero-order chi connectivity index (χ0) is 22.3. The lowest BCUT2D eigenvalue weighted by atomic mass is 9.71. The third-order valence-electron chi connectivity index (χ3n) is 6.62. The van der Waals surface area contributed by atoms with Gasteiger partial charge in [-0.3, -0.25) is 14.4 Å². The molecule has 3 saturated heterocycles. The topological polar surface area (TPSA) is 107 Å².